The molecule has 2 rings (SSSR count). The van der Waals surface area contributed by atoms with Crippen LogP contribution in [0.3, 0.4) is 0 Å². The maximum absolute atomic E-state index is 17.0. The lowest BCUT2D eigenvalue weighted by Crippen LogP contribution is -2.56. The summed E-state index contributed by atoms with van der Waals surface area (Å²) in [6.07, 6.45) is -3.37. The number of hydrogen-bond donors (Lipinski definition) is 15. The first-order chi connectivity index (χ1) is 43.5. The number of benzene rings is 1. The van der Waals surface area contributed by atoms with Crippen LogP contribution < -0.4 is 43.5 Å². The van der Waals surface area contributed by atoms with Gasteiger partial charge < -0.3 is 77.7 Å². The molecule has 0 spiro atoms. The molecule has 94 heavy (non-hydrogen) atoms. The molecular weight excluding hydrogens is 1320 g/mol. The number of amides is 6. The summed E-state index contributed by atoms with van der Waals surface area (Å²) in [6, 6.07) is 1.68. The molecule has 32 nitrogen and oxygen atoms in total. The van der Waals surface area contributed by atoms with Crippen molar-refractivity contribution in [1.29, 1.82) is 0 Å². The molecule has 0 saturated carbocycles. The van der Waals surface area contributed by atoms with E-state index in [4.69, 9.17) is 21.8 Å². The average Bonchev–Trinajstić information content (AvgIpc) is 0.767. The molecule has 1 fully saturated rings. The van der Waals surface area contributed by atoms with Gasteiger partial charge in [-0.15, -0.1) is 0 Å². The fourth-order valence-electron chi connectivity index (χ4n) is 9.95. The lowest BCUT2D eigenvalue weighted by molar-refractivity contribution is -0.143. The van der Waals surface area contributed by atoms with Crippen molar-refractivity contribution in [3.05, 3.63) is 41.7 Å². The van der Waals surface area contributed by atoms with Gasteiger partial charge in [0.05, 0.1) is 38.2 Å². The highest BCUT2D eigenvalue weighted by Gasteiger charge is 2.48. The van der Waals surface area contributed by atoms with E-state index >= 15 is 3.89 Å². The average molecular weight is 1420 g/mol. The van der Waals surface area contributed by atoms with Gasteiger partial charge in [-0.1, -0.05) is 17.3 Å². The largest absolute Gasteiger partial charge is 0.481 e. The number of hydrazine groups is 1. The molecule has 1 aliphatic rings. The van der Waals surface area contributed by atoms with Gasteiger partial charge in [-0.3, -0.25) is 66.8 Å². The number of halogens is 1. The normalized spacial score (nSPS) is 17.1. The minimum absolute atomic E-state index is 0.0441. The molecule has 6 amide bonds. The topological polar surface area (TPSA) is 501 Å². The van der Waals surface area contributed by atoms with Crippen LogP contribution in [0.2, 0.25) is 0 Å². The number of nitrogens with two attached hydrogens (primary N) is 2. The molecule has 0 aliphatic carbocycles. The summed E-state index contributed by atoms with van der Waals surface area (Å²) in [5.41, 5.74) is 6.14. The van der Waals surface area contributed by atoms with E-state index in [1.54, 1.807) is 48.5 Å². The third-order valence-electron chi connectivity index (χ3n) is 14.9. The monoisotopic (exact) mass is 1420 g/mol. The number of nitrogens with one attached hydrogen (secondary N) is 6. The number of carboxylic acid groups (broad SMARTS) is 4. The summed E-state index contributed by atoms with van der Waals surface area (Å²) in [5, 5.41) is 53.5. The van der Waals surface area contributed by atoms with Crippen molar-refractivity contribution >= 4 is 91.8 Å². The van der Waals surface area contributed by atoms with Crippen LogP contribution in [-0.2, 0) is 56.8 Å². The molecule has 536 valence electrons. The first-order valence-electron chi connectivity index (χ1n) is 30.8. The van der Waals surface area contributed by atoms with E-state index in [9.17, 15) is 86.5 Å². The SMILES string of the molecule is CCC(=O)NC(CCCNC(=O)CCC(=O)NCCCCC(NC(=O)C(CNC(=O)c1ccc(S(F)(C(C)(C)C)C(C)(C)C)cc1)N(N)/C=C(\N)CNC(=O)CCP(=O)(O)CN1CCN(CP(=O)(O)CCC(=O)O)CCN(CP(=O)(O)CCC(=O)O)CC1)C(=O)O)C(=O)O. The molecule has 1 aromatic rings. The van der Waals surface area contributed by atoms with Gasteiger partial charge in [0.1, 0.15) is 18.1 Å². The Hall–Kier alpha value is -6.05. The van der Waals surface area contributed by atoms with Crippen molar-refractivity contribution < 1.29 is 101 Å². The van der Waals surface area contributed by atoms with Crippen molar-refractivity contribution in [2.75, 3.05) is 103 Å². The number of aliphatic carboxylic acids is 4. The Balaban J connectivity index is 2.21. The van der Waals surface area contributed by atoms with Gasteiger partial charge in [0.2, 0.25) is 51.6 Å². The predicted molar refractivity (Wildman–Crippen MR) is 351 cm³/mol. The van der Waals surface area contributed by atoms with Crippen molar-refractivity contribution in [2.45, 2.75) is 152 Å². The third kappa shape index (κ3) is 31.7. The number of hydrogen-bond acceptors (Lipinski definition) is 19. The van der Waals surface area contributed by atoms with Gasteiger partial charge in [-0.2, -0.15) is 3.89 Å². The van der Waals surface area contributed by atoms with Crippen LogP contribution in [0, 0.1) is 0 Å². The Morgan fingerprint density at radius 1 is 0.596 bits per heavy atom. The molecule has 37 heteroatoms. The predicted octanol–water partition coefficient (Wildman–Crippen LogP) is 1.98. The molecule has 1 aliphatic heterocycles. The molecular formula is C57H100FN12O20P3S. The number of carbonyl (C=O) groups excluding carboxylic acids is 6. The van der Waals surface area contributed by atoms with Crippen molar-refractivity contribution in [1.82, 2.24) is 51.6 Å². The summed E-state index contributed by atoms with van der Waals surface area (Å²) < 4.78 is 55.2. The molecule has 1 heterocycles. The first kappa shape index (κ1) is 84.0. The van der Waals surface area contributed by atoms with Gasteiger partial charge in [0, 0.05) is 135 Å². The van der Waals surface area contributed by atoms with E-state index in [0.29, 0.717) is 4.90 Å². The van der Waals surface area contributed by atoms with Crippen LogP contribution in [0.5, 0.6) is 0 Å². The smallest absolute Gasteiger partial charge is 0.326 e. The van der Waals surface area contributed by atoms with E-state index in [2.05, 4.69) is 31.9 Å². The van der Waals surface area contributed by atoms with Crippen LogP contribution in [0.15, 0.2) is 41.1 Å². The molecule has 6 atom stereocenters. The zero-order valence-corrected chi connectivity index (χ0v) is 58.2. The zero-order chi connectivity index (χ0) is 71.4. The Morgan fingerprint density at radius 3 is 1.41 bits per heavy atom. The van der Waals surface area contributed by atoms with Crippen molar-refractivity contribution in [3.8, 4) is 0 Å². The highest BCUT2D eigenvalue weighted by atomic mass is 32.3. The second kappa shape index (κ2) is 39.2. The maximum atomic E-state index is 17.0. The number of unbranched alkanes of at least 4 members (excludes halogenated alkanes) is 1. The van der Waals surface area contributed by atoms with Gasteiger partial charge in [-0.05, 0) is 97.9 Å². The molecule has 0 aromatic heterocycles. The van der Waals surface area contributed by atoms with Gasteiger partial charge >= 0.3 is 23.9 Å². The Bertz CT molecular complexity index is 2870. The first-order valence-corrected chi connectivity index (χ1v) is 38.4. The van der Waals surface area contributed by atoms with Gasteiger partial charge in [-0.25, -0.2) is 15.4 Å². The van der Waals surface area contributed by atoms with E-state index in [-0.39, 0.29) is 115 Å². The molecule has 1 aromatic carbocycles. The molecule has 6 unspecified atom stereocenters. The highest BCUT2D eigenvalue weighted by molar-refractivity contribution is 8.31. The minimum Gasteiger partial charge on any atom is -0.481 e. The van der Waals surface area contributed by atoms with Crippen LogP contribution in [-0.4, -0.2) is 245 Å². The van der Waals surface area contributed by atoms with E-state index in [1.165, 1.54) is 39.0 Å². The van der Waals surface area contributed by atoms with Crippen LogP contribution in [0.4, 0.5) is 3.89 Å². The fourth-order valence-corrected chi connectivity index (χ4v) is 18.5. The lowest BCUT2D eigenvalue weighted by atomic mass is 10.1. The quantitative estimate of drug-likeness (QED) is 0.0193. The fraction of sp³-hybridized carbons (Fsp3) is 0.684. The Morgan fingerprint density at radius 2 is 1.00 bits per heavy atom. The van der Waals surface area contributed by atoms with Gasteiger partial charge in [0.15, 0.2) is 0 Å². The van der Waals surface area contributed by atoms with Crippen LogP contribution >= 0.6 is 32.5 Å². The molecule has 0 radical (unpaired) electrons. The van der Waals surface area contributed by atoms with E-state index < -0.39 is 189 Å². The molecule has 1 saturated heterocycles. The van der Waals surface area contributed by atoms with Crippen LogP contribution in [0.25, 0.3) is 0 Å². The number of carbonyl (C=O) groups is 10. The third-order valence-corrected chi connectivity index (χ3v) is 24.5. The van der Waals surface area contributed by atoms with Crippen molar-refractivity contribution in [3.63, 3.8) is 0 Å². The zero-order valence-electron chi connectivity index (χ0n) is 54.7. The number of rotatable bonds is 41. The van der Waals surface area contributed by atoms with E-state index in [0.717, 1.165) is 11.2 Å². The molecule has 17 N–H and O–H groups in total. The standard InChI is InChI=1S/C57H100FN12O20P3S/c1-8-46(71)65-43(54(81)82)13-11-24-62-48(73)19-18-47(72)61-23-10-9-12-44(55(83)84)66-53(80)45(35-64-52(79)40-14-16-42(17-15-40)94(58,56(2,3)4)57(5,6)7)70(60)36-41(59)34-63-49(74)20-31-91(85,86)37-67-25-27-68(38-92(87,88)32-21-50(75)76)29-30-69(28-26-67)39-93(89,90)33-22-51(77)78/h14-17,36,43-45H,8-13,18-35,37-39,59-60H2,1-7H3,(H,61,72)(H,62,73)(H,63,74)(H,64,79)(H,65,71)(H,66,80)(H,75,76)(H,77,78)(H,81,82)(H,83,84)(H,85,86)(H,87,88)(H,89,90)/b41-36-. The van der Waals surface area contributed by atoms with Crippen LogP contribution in [0.1, 0.15) is 129 Å². The van der Waals surface area contributed by atoms with E-state index in [1.807, 2.05) is 0 Å². The summed E-state index contributed by atoms with van der Waals surface area (Å²) in [7, 11) is -15.3. The Kier molecular flexibility index (Phi) is 35.1. The summed E-state index contributed by atoms with van der Waals surface area (Å²) in [4.78, 5) is 161. The summed E-state index contributed by atoms with van der Waals surface area (Å²) in [5.74, 6) is -2.69. The second-order valence-corrected chi connectivity index (χ2v) is 36.3. The molecule has 0 bridgehead atoms. The Labute approximate surface area is 549 Å². The van der Waals surface area contributed by atoms with Crippen molar-refractivity contribution in [2.24, 2.45) is 11.6 Å². The number of nitrogens with zero attached hydrogens (tertiary/aromatic N) is 4. The summed E-state index contributed by atoms with van der Waals surface area (Å²) >= 11 is 0. The highest BCUT2D eigenvalue weighted by Crippen LogP contribution is 2.74. The van der Waals surface area contributed by atoms with Gasteiger partial charge in [0.25, 0.3) is 5.91 Å². The maximum Gasteiger partial charge on any atom is 0.326 e. The lowest BCUT2D eigenvalue weighted by Gasteiger charge is -2.52. The second-order valence-electron chi connectivity index (χ2n) is 25.0. The number of carboxylic acids is 4. The minimum atomic E-state index is -4.20. The summed E-state index contributed by atoms with van der Waals surface area (Å²) in [6.45, 7) is 11.9.